The molecule has 30 heavy (non-hydrogen) atoms. The van der Waals surface area contributed by atoms with Crippen LogP contribution >= 0.6 is 23.2 Å². The SMILES string of the molecule is CCOc1cccc(C(C#N)(CCCN(C)CCc2ccc(Cl)c(Cl)c2)C(C)C)c1. The van der Waals surface area contributed by atoms with E-state index in [1.807, 2.05) is 43.3 Å². The van der Waals surface area contributed by atoms with Gasteiger partial charge >= 0.3 is 0 Å². The molecule has 0 spiro atoms. The summed E-state index contributed by atoms with van der Waals surface area (Å²) in [5, 5.41) is 11.3. The minimum Gasteiger partial charge on any atom is -0.494 e. The van der Waals surface area contributed by atoms with Crippen molar-refractivity contribution in [1.82, 2.24) is 4.90 Å². The molecule has 0 saturated carbocycles. The Kier molecular flexibility index (Phi) is 9.49. The maximum absolute atomic E-state index is 10.2. The summed E-state index contributed by atoms with van der Waals surface area (Å²) in [5.41, 5.74) is 1.71. The Bertz CT molecular complexity index is 862. The molecule has 0 aromatic heterocycles. The molecule has 0 amide bonds. The Morgan fingerprint density at radius 2 is 1.87 bits per heavy atom. The molecule has 1 atom stereocenters. The zero-order valence-electron chi connectivity index (χ0n) is 18.4. The molecule has 2 aromatic carbocycles. The third-order valence-corrected chi connectivity index (χ3v) is 6.46. The second kappa shape index (κ2) is 11.6. The molecule has 3 nitrogen and oxygen atoms in total. The van der Waals surface area contributed by atoms with Gasteiger partial charge in [0.15, 0.2) is 0 Å². The number of likely N-dealkylation sites (N-methyl/N-ethyl adjacent to an activating group) is 1. The van der Waals surface area contributed by atoms with E-state index >= 15 is 0 Å². The standard InChI is InChI=1S/C25H32Cl2N2O/c1-5-30-22-9-6-8-21(17-22)25(18-28,19(2)3)13-7-14-29(4)15-12-20-10-11-23(26)24(27)16-20/h6,8-11,16-17,19H,5,7,12-15H2,1-4H3. The van der Waals surface area contributed by atoms with Gasteiger partial charge in [-0.15, -0.1) is 0 Å². The number of nitrogens with zero attached hydrogens (tertiary/aromatic N) is 2. The summed E-state index contributed by atoms with van der Waals surface area (Å²) < 4.78 is 5.66. The maximum Gasteiger partial charge on any atom is 0.119 e. The Labute approximate surface area is 191 Å². The van der Waals surface area contributed by atoms with Crippen LogP contribution in [0, 0.1) is 17.2 Å². The highest BCUT2D eigenvalue weighted by molar-refractivity contribution is 6.42. The van der Waals surface area contributed by atoms with Crippen LogP contribution in [-0.4, -0.2) is 31.6 Å². The fraction of sp³-hybridized carbons (Fsp3) is 0.480. The van der Waals surface area contributed by atoms with Gasteiger partial charge in [0.1, 0.15) is 5.75 Å². The summed E-state index contributed by atoms with van der Waals surface area (Å²) in [6, 6.07) is 16.5. The first-order valence-corrected chi connectivity index (χ1v) is 11.3. The van der Waals surface area contributed by atoms with Crippen molar-refractivity contribution in [3.8, 4) is 11.8 Å². The van der Waals surface area contributed by atoms with Gasteiger partial charge < -0.3 is 9.64 Å². The lowest BCUT2D eigenvalue weighted by atomic mass is 9.70. The van der Waals surface area contributed by atoms with E-state index in [1.54, 1.807) is 0 Å². The van der Waals surface area contributed by atoms with Crippen molar-refractivity contribution in [3.05, 3.63) is 63.6 Å². The van der Waals surface area contributed by atoms with Gasteiger partial charge in [0.05, 0.1) is 28.1 Å². The van der Waals surface area contributed by atoms with Gasteiger partial charge in [-0.1, -0.05) is 55.2 Å². The normalized spacial score (nSPS) is 13.3. The molecule has 162 valence electrons. The average molecular weight is 447 g/mol. The molecule has 0 heterocycles. The molecule has 0 aliphatic rings. The van der Waals surface area contributed by atoms with Gasteiger partial charge in [0.2, 0.25) is 0 Å². The number of hydrogen-bond acceptors (Lipinski definition) is 3. The second-order valence-corrected chi connectivity index (χ2v) is 8.92. The molecule has 0 N–H and O–H groups in total. The highest BCUT2D eigenvalue weighted by Crippen LogP contribution is 2.38. The lowest BCUT2D eigenvalue weighted by Gasteiger charge is -2.32. The quantitative estimate of drug-likeness (QED) is 0.382. The predicted molar refractivity (Wildman–Crippen MR) is 127 cm³/mol. The largest absolute Gasteiger partial charge is 0.494 e. The van der Waals surface area contributed by atoms with Crippen LogP contribution in [0.4, 0.5) is 0 Å². The summed E-state index contributed by atoms with van der Waals surface area (Å²) in [4.78, 5) is 2.31. The van der Waals surface area contributed by atoms with Crippen LogP contribution in [0.15, 0.2) is 42.5 Å². The Morgan fingerprint density at radius 1 is 1.10 bits per heavy atom. The van der Waals surface area contributed by atoms with E-state index in [4.69, 9.17) is 27.9 Å². The second-order valence-electron chi connectivity index (χ2n) is 8.10. The first-order valence-electron chi connectivity index (χ1n) is 10.6. The Balaban J connectivity index is 1.98. The van der Waals surface area contributed by atoms with Gasteiger partial charge in [-0.3, -0.25) is 0 Å². The third-order valence-electron chi connectivity index (χ3n) is 5.72. The van der Waals surface area contributed by atoms with Gasteiger partial charge in [0.25, 0.3) is 0 Å². The molecule has 5 heteroatoms. The van der Waals surface area contributed by atoms with E-state index < -0.39 is 5.41 Å². The van der Waals surface area contributed by atoms with Crippen LogP contribution in [-0.2, 0) is 11.8 Å². The van der Waals surface area contributed by atoms with Gasteiger partial charge in [-0.2, -0.15) is 5.26 Å². The van der Waals surface area contributed by atoms with E-state index in [9.17, 15) is 5.26 Å². The van der Waals surface area contributed by atoms with Crippen LogP contribution in [0.3, 0.4) is 0 Å². The molecule has 1 unspecified atom stereocenters. The fourth-order valence-corrected chi connectivity index (χ4v) is 4.12. The van der Waals surface area contributed by atoms with E-state index in [0.29, 0.717) is 16.7 Å². The summed E-state index contributed by atoms with van der Waals surface area (Å²) in [6.45, 7) is 8.71. The fourth-order valence-electron chi connectivity index (χ4n) is 3.80. The van der Waals surface area contributed by atoms with Gasteiger partial charge in [-0.05, 0) is 81.1 Å². The first-order chi connectivity index (χ1) is 14.3. The monoisotopic (exact) mass is 446 g/mol. The number of nitriles is 1. The highest BCUT2D eigenvalue weighted by Gasteiger charge is 2.35. The zero-order chi connectivity index (χ0) is 22.1. The molecule has 2 aromatic rings. The summed E-state index contributed by atoms with van der Waals surface area (Å²) in [5.74, 6) is 1.04. The first kappa shape index (κ1) is 24.5. The molecule has 0 saturated heterocycles. The third kappa shape index (κ3) is 6.38. The molecule has 0 fully saturated rings. The van der Waals surface area contributed by atoms with Crippen molar-refractivity contribution in [2.45, 2.75) is 45.4 Å². The van der Waals surface area contributed by atoms with E-state index in [0.717, 1.165) is 43.7 Å². The van der Waals surface area contributed by atoms with Crippen molar-refractivity contribution in [3.63, 3.8) is 0 Å². The van der Waals surface area contributed by atoms with Crippen molar-refractivity contribution in [2.75, 3.05) is 26.7 Å². The predicted octanol–water partition coefficient (Wildman–Crippen LogP) is 6.76. The number of halogens is 2. The smallest absolute Gasteiger partial charge is 0.119 e. The van der Waals surface area contributed by atoms with E-state index in [-0.39, 0.29) is 5.92 Å². The lowest BCUT2D eigenvalue weighted by Crippen LogP contribution is -2.32. The Morgan fingerprint density at radius 3 is 2.50 bits per heavy atom. The maximum atomic E-state index is 10.2. The van der Waals surface area contributed by atoms with Crippen LogP contribution < -0.4 is 4.74 Å². The molecule has 0 bridgehead atoms. The highest BCUT2D eigenvalue weighted by atomic mass is 35.5. The number of ether oxygens (including phenoxy) is 1. The molecular formula is C25H32Cl2N2O. The minimum absolute atomic E-state index is 0.209. The van der Waals surface area contributed by atoms with E-state index in [2.05, 4.69) is 37.9 Å². The summed E-state index contributed by atoms with van der Waals surface area (Å²) in [7, 11) is 2.12. The van der Waals surface area contributed by atoms with E-state index in [1.165, 1.54) is 5.56 Å². The van der Waals surface area contributed by atoms with Crippen molar-refractivity contribution >= 4 is 23.2 Å². The van der Waals surface area contributed by atoms with Crippen LogP contribution in [0.5, 0.6) is 5.75 Å². The average Bonchev–Trinajstić information content (AvgIpc) is 2.72. The minimum atomic E-state index is -0.516. The van der Waals surface area contributed by atoms with Crippen LogP contribution in [0.2, 0.25) is 10.0 Å². The molecule has 0 aliphatic carbocycles. The molecule has 0 aliphatic heterocycles. The molecule has 0 radical (unpaired) electrons. The summed E-state index contributed by atoms with van der Waals surface area (Å²) in [6.07, 6.45) is 2.67. The lowest BCUT2D eigenvalue weighted by molar-refractivity contribution is 0.292. The number of benzene rings is 2. The zero-order valence-corrected chi connectivity index (χ0v) is 19.9. The molecular weight excluding hydrogens is 415 g/mol. The number of hydrogen-bond donors (Lipinski definition) is 0. The van der Waals surface area contributed by atoms with Crippen molar-refractivity contribution in [2.24, 2.45) is 5.92 Å². The number of rotatable bonds is 11. The van der Waals surface area contributed by atoms with Crippen LogP contribution in [0.1, 0.15) is 44.7 Å². The summed E-state index contributed by atoms with van der Waals surface area (Å²) >= 11 is 12.1. The van der Waals surface area contributed by atoms with Crippen molar-refractivity contribution in [1.29, 1.82) is 5.26 Å². The molecule has 2 rings (SSSR count). The van der Waals surface area contributed by atoms with Gasteiger partial charge in [-0.25, -0.2) is 0 Å². The van der Waals surface area contributed by atoms with Crippen molar-refractivity contribution < 1.29 is 4.74 Å². The Hall–Kier alpha value is -1.73. The van der Waals surface area contributed by atoms with Gasteiger partial charge in [0, 0.05) is 6.54 Å². The topological polar surface area (TPSA) is 36.3 Å². The van der Waals surface area contributed by atoms with Crippen LogP contribution in [0.25, 0.3) is 0 Å².